The van der Waals surface area contributed by atoms with E-state index in [0.29, 0.717) is 6.61 Å². The molecular formula is C14H12OS. The molecule has 1 heterocycles. The molecule has 2 heteroatoms. The highest BCUT2D eigenvalue weighted by atomic mass is 32.1. The van der Waals surface area contributed by atoms with Crippen molar-refractivity contribution in [1.29, 1.82) is 0 Å². The molecule has 0 atom stereocenters. The maximum Gasteiger partial charge on any atom is 0.137 e. The lowest BCUT2D eigenvalue weighted by Gasteiger charge is -2.03. The van der Waals surface area contributed by atoms with Gasteiger partial charge in [0.1, 0.15) is 5.75 Å². The third kappa shape index (κ3) is 1.38. The van der Waals surface area contributed by atoms with Crippen molar-refractivity contribution in [1.82, 2.24) is 0 Å². The Morgan fingerprint density at radius 2 is 1.81 bits per heavy atom. The summed E-state index contributed by atoms with van der Waals surface area (Å²) in [5.41, 5.74) is 0. The van der Waals surface area contributed by atoms with Crippen LogP contribution in [-0.4, -0.2) is 6.61 Å². The minimum absolute atomic E-state index is 0.716. The first-order valence-electron chi connectivity index (χ1n) is 5.43. The molecule has 0 aliphatic carbocycles. The maximum atomic E-state index is 5.66. The molecule has 0 spiro atoms. The number of fused-ring (bicyclic) bond motifs is 3. The van der Waals surface area contributed by atoms with Crippen molar-refractivity contribution in [3.63, 3.8) is 0 Å². The van der Waals surface area contributed by atoms with Gasteiger partial charge in [0.05, 0.1) is 11.3 Å². The van der Waals surface area contributed by atoms with Gasteiger partial charge in [-0.25, -0.2) is 0 Å². The van der Waals surface area contributed by atoms with Crippen LogP contribution in [0.2, 0.25) is 0 Å². The summed E-state index contributed by atoms with van der Waals surface area (Å²) in [5, 5.41) is 2.62. The first kappa shape index (κ1) is 9.67. The molecular weight excluding hydrogens is 216 g/mol. The second kappa shape index (κ2) is 3.80. The van der Waals surface area contributed by atoms with Crippen LogP contribution in [0.3, 0.4) is 0 Å². The maximum absolute atomic E-state index is 5.66. The molecule has 0 fully saturated rings. The number of hydrogen-bond donors (Lipinski definition) is 0. The van der Waals surface area contributed by atoms with Crippen LogP contribution >= 0.6 is 11.3 Å². The van der Waals surface area contributed by atoms with E-state index in [2.05, 4.69) is 36.4 Å². The van der Waals surface area contributed by atoms with Crippen LogP contribution in [0.4, 0.5) is 0 Å². The second-order valence-electron chi connectivity index (χ2n) is 3.66. The van der Waals surface area contributed by atoms with E-state index in [1.165, 1.54) is 20.2 Å². The van der Waals surface area contributed by atoms with Gasteiger partial charge in [-0.05, 0) is 19.1 Å². The molecule has 3 aromatic rings. The van der Waals surface area contributed by atoms with Crippen LogP contribution in [0.25, 0.3) is 20.2 Å². The standard InChI is InChI=1S/C14H12OS/c1-2-15-12-8-5-7-11-10-6-3-4-9-13(10)16-14(11)12/h3-9H,2H2,1H3. The van der Waals surface area contributed by atoms with Crippen LogP contribution in [0.5, 0.6) is 5.75 Å². The summed E-state index contributed by atoms with van der Waals surface area (Å²) in [5.74, 6) is 1.00. The summed E-state index contributed by atoms with van der Waals surface area (Å²) in [4.78, 5) is 0. The molecule has 1 aromatic heterocycles. The Kier molecular flexibility index (Phi) is 2.29. The fourth-order valence-corrected chi connectivity index (χ4v) is 3.16. The summed E-state index contributed by atoms with van der Waals surface area (Å²) in [6.07, 6.45) is 0. The highest BCUT2D eigenvalue weighted by molar-refractivity contribution is 7.26. The molecule has 80 valence electrons. The van der Waals surface area contributed by atoms with Crippen molar-refractivity contribution in [3.05, 3.63) is 42.5 Å². The Hall–Kier alpha value is -1.54. The van der Waals surface area contributed by atoms with Crippen LogP contribution in [-0.2, 0) is 0 Å². The minimum Gasteiger partial charge on any atom is -0.492 e. The summed E-state index contributed by atoms with van der Waals surface area (Å²) in [7, 11) is 0. The number of ether oxygens (including phenoxy) is 1. The average Bonchev–Trinajstić information content (AvgIpc) is 2.69. The van der Waals surface area contributed by atoms with Gasteiger partial charge in [0.2, 0.25) is 0 Å². The lowest BCUT2D eigenvalue weighted by molar-refractivity contribution is 0.345. The molecule has 16 heavy (non-hydrogen) atoms. The van der Waals surface area contributed by atoms with E-state index in [1.54, 1.807) is 11.3 Å². The predicted molar refractivity (Wildman–Crippen MR) is 70.5 cm³/mol. The molecule has 0 N–H and O–H groups in total. The van der Waals surface area contributed by atoms with Gasteiger partial charge in [0, 0.05) is 15.5 Å². The van der Waals surface area contributed by atoms with Crippen molar-refractivity contribution < 1.29 is 4.74 Å². The number of hydrogen-bond acceptors (Lipinski definition) is 2. The van der Waals surface area contributed by atoms with Crippen LogP contribution in [0.15, 0.2) is 42.5 Å². The molecule has 0 amide bonds. The van der Waals surface area contributed by atoms with E-state index in [-0.39, 0.29) is 0 Å². The number of benzene rings is 2. The fraction of sp³-hybridized carbons (Fsp3) is 0.143. The fourth-order valence-electron chi connectivity index (χ4n) is 1.99. The van der Waals surface area contributed by atoms with Crippen molar-refractivity contribution in [2.75, 3.05) is 6.61 Å². The zero-order valence-corrected chi connectivity index (χ0v) is 9.88. The molecule has 0 bridgehead atoms. The van der Waals surface area contributed by atoms with Crippen molar-refractivity contribution in [3.8, 4) is 5.75 Å². The highest BCUT2D eigenvalue weighted by Gasteiger charge is 2.08. The SMILES string of the molecule is CCOc1cccc2c1sc1ccccc12. The van der Waals surface area contributed by atoms with Gasteiger partial charge < -0.3 is 4.74 Å². The second-order valence-corrected chi connectivity index (χ2v) is 4.72. The zero-order valence-electron chi connectivity index (χ0n) is 9.07. The topological polar surface area (TPSA) is 9.23 Å². The normalized spacial score (nSPS) is 11.1. The van der Waals surface area contributed by atoms with E-state index >= 15 is 0 Å². The lowest BCUT2D eigenvalue weighted by Crippen LogP contribution is -1.90. The van der Waals surface area contributed by atoms with Crippen molar-refractivity contribution >= 4 is 31.5 Å². The minimum atomic E-state index is 0.716. The molecule has 0 aliphatic heterocycles. The largest absolute Gasteiger partial charge is 0.492 e. The summed E-state index contributed by atoms with van der Waals surface area (Å²) in [6.45, 7) is 2.74. The highest BCUT2D eigenvalue weighted by Crippen LogP contribution is 2.38. The average molecular weight is 228 g/mol. The van der Waals surface area contributed by atoms with Crippen LogP contribution in [0.1, 0.15) is 6.92 Å². The van der Waals surface area contributed by atoms with Gasteiger partial charge in [0.15, 0.2) is 0 Å². The molecule has 0 saturated carbocycles. The first-order valence-corrected chi connectivity index (χ1v) is 6.25. The molecule has 1 nitrogen and oxygen atoms in total. The Balaban J connectivity index is 2.39. The molecule has 3 rings (SSSR count). The van der Waals surface area contributed by atoms with Gasteiger partial charge >= 0.3 is 0 Å². The van der Waals surface area contributed by atoms with Gasteiger partial charge in [-0.15, -0.1) is 11.3 Å². The molecule has 0 unspecified atom stereocenters. The van der Waals surface area contributed by atoms with Gasteiger partial charge in [0.25, 0.3) is 0 Å². The van der Waals surface area contributed by atoms with Crippen LogP contribution in [0, 0.1) is 0 Å². The summed E-state index contributed by atoms with van der Waals surface area (Å²) < 4.78 is 8.24. The molecule has 0 radical (unpaired) electrons. The number of thiophene rings is 1. The Morgan fingerprint density at radius 3 is 2.69 bits per heavy atom. The Morgan fingerprint density at radius 1 is 1.00 bits per heavy atom. The summed E-state index contributed by atoms with van der Waals surface area (Å²) in [6, 6.07) is 14.8. The first-order chi connectivity index (χ1) is 7.90. The summed E-state index contributed by atoms with van der Waals surface area (Å²) >= 11 is 1.80. The smallest absolute Gasteiger partial charge is 0.137 e. The van der Waals surface area contributed by atoms with Gasteiger partial charge in [-0.2, -0.15) is 0 Å². The quantitative estimate of drug-likeness (QED) is 0.629. The molecule has 0 aliphatic rings. The van der Waals surface area contributed by atoms with Crippen molar-refractivity contribution in [2.24, 2.45) is 0 Å². The van der Waals surface area contributed by atoms with E-state index in [4.69, 9.17) is 4.74 Å². The monoisotopic (exact) mass is 228 g/mol. The van der Waals surface area contributed by atoms with E-state index in [1.807, 2.05) is 13.0 Å². The van der Waals surface area contributed by atoms with Crippen molar-refractivity contribution in [2.45, 2.75) is 6.92 Å². The predicted octanol–water partition coefficient (Wildman–Crippen LogP) is 4.45. The lowest BCUT2D eigenvalue weighted by atomic mass is 10.1. The van der Waals surface area contributed by atoms with Gasteiger partial charge in [-0.1, -0.05) is 30.3 Å². The van der Waals surface area contributed by atoms with Gasteiger partial charge in [-0.3, -0.25) is 0 Å². The third-order valence-electron chi connectivity index (χ3n) is 2.67. The van der Waals surface area contributed by atoms with E-state index in [0.717, 1.165) is 5.75 Å². The number of rotatable bonds is 2. The third-order valence-corrected chi connectivity index (χ3v) is 3.87. The van der Waals surface area contributed by atoms with E-state index in [9.17, 15) is 0 Å². The molecule has 2 aromatic carbocycles. The zero-order chi connectivity index (χ0) is 11.0. The Labute approximate surface area is 98.3 Å². The van der Waals surface area contributed by atoms with Crippen LogP contribution < -0.4 is 4.74 Å². The van der Waals surface area contributed by atoms with E-state index < -0.39 is 0 Å². The molecule has 0 saturated heterocycles. The Bertz CT molecular complexity index is 639.